The Balaban J connectivity index is 1.83. The Labute approximate surface area is 140 Å². The number of para-hydroxylation sites is 1. The summed E-state index contributed by atoms with van der Waals surface area (Å²) in [5.74, 6) is -0.425. The SMILES string of the molecule is O=C(c1ccc(C(F)(F)F)cc1)c1nccc2c1[nH]c1ccccc12. The van der Waals surface area contributed by atoms with Crippen molar-refractivity contribution in [3.05, 3.63) is 77.6 Å². The van der Waals surface area contributed by atoms with E-state index < -0.39 is 17.5 Å². The number of alkyl halides is 3. The molecular weight excluding hydrogens is 329 g/mol. The van der Waals surface area contributed by atoms with Crippen molar-refractivity contribution in [2.45, 2.75) is 6.18 Å². The van der Waals surface area contributed by atoms with Crippen LogP contribution in [0.15, 0.2) is 60.8 Å². The zero-order valence-electron chi connectivity index (χ0n) is 12.8. The maximum atomic E-state index is 12.7. The van der Waals surface area contributed by atoms with Crippen LogP contribution in [-0.4, -0.2) is 15.8 Å². The summed E-state index contributed by atoms with van der Waals surface area (Å²) in [5.41, 5.74) is 1.00. The smallest absolute Gasteiger partial charge is 0.353 e. The van der Waals surface area contributed by atoms with Crippen molar-refractivity contribution in [1.82, 2.24) is 9.97 Å². The van der Waals surface area contributed by atoms with E-state index >= 15 is 0 Å². The number of rotatable bonds is 2. The first-order chi connectivity index (χ1) is 11.9. The second kappa shape index (κ2) is 5.44. The number of nitrogens with one attached hydrogen (secondary N) is 1. The second-order valence-electron chi connectivity index (χ2n) is 5.66. The van der Waals surface area contributed by atoms with Crippen LogP contribution in [0.4, 0.5) is 13.2 Å². The molecule has 4 aromatic rings. The van der Waals surface area contributed by atoms with Crippen molar-refractivity contribution in [2.75, 3.05) is 0 Å². The van der Waals surface area contributed by atoms with Crippen LogP contribution in [0.2, 0.25) is 0 Å². The molecule has 0 radical (unpaired) electrons. The van der Waals surface area contributed by atoms with E-state index in [1.165, 1.54) is 18.3 Å². The van der Waals surface area contributed by atoms with Crippen LogP contribution in [-0.2, 0) is 6.18 Å². The van der Waals surface area contributed by atoms with Crippen LogP contribution >= 0.6 is 0 Å². The lowest BCUT2D eigenvalue weighted by Crippen LogP contribution is -2.08. The number of ketones is 1. The Kier molecular flexibility index (Phi) is 3.35. The van der Waals surface area contributed by atoms with E-state index in [4.69, 9.17) is 0 Å². The van der Waals surface area contributed by atoms with Gasteiger partial charge in [0.15, 0.2) is 0 Å². The van der Waals surface area contributed by atoms with Crippen molar-refractivity contribution >= 4 is 27.6 Å². The van der Waals surface area contributed by atoms with Gasteiger partial charge in [-0.15, -0.1) is 0 Å². The Morgan fingerprint density at radius 3 is 2.36 bits per heavy atom. The third-order valence-corrected chi connectivity index (χ3v) is 4.12. The minimum absolute atomic E-state index is 0.159. The lowest BCUT2D eigenvalue weighted by molar-refractivity contribution is -0.137. The van der Waals surface area contributed by atoms with Crippen molar-refractivity contribution in [3.63, 3.8) is 0 Å². The molecule has 2 aromatic carbocycles. The predicted octanol–water partition coefficient (Wildman–Crippen LogP) is 4.97. The van der Waals surface area contributed by atoms with Gasteiger partial charge in [0.05, 0.1) is 11.1 Å². The second-order valence-corrected chi connectivity index (χ2v) is 5.66. The number of hydrogen-bond acceptors (Lipinski definition) is 2. The van der Waals surface area contributed by atoms with Crippen LogP contribution in [0.3, 0.4) is 0 Å². The van der Waals surface area contributed by atoms with Gasteiger partial charge >= 0.3 is 6.18 Å². The van der Waals surface area contributed by atoms with Crippen LogP contribution in [0.1, 0.15) is 21.6 Å². The molecule has 2 aromatic heterocycles. The molecule has 0 atom stereocenters. The molecular formula is C19H11F3N2O. The molecule has 2 heterocycles. The Morgan fingerprint density at radius 1 is 0.920 bits per heavy atom. The third-order valence-electron chi connectivity index (χ3n) is 4.12. The summed E-state index contributed by atoms with van der Waals surface area (Å²) in [4.78, 5) is 20.1. The summed E-state index contributed by atoms with van der Waals surface area (Å²) in [6, 6.07) is 13.6. The van der Waals surface area contributed by atoms with E-state index in [1.54, 1.807) is 6.07 Å². The fraction of sp³-hybridized carbons (Fsp3) is 0.0526. The number of benzene rings is 2. The summed E-state index contributed by atoms with van der Waals surface area (Å²) in [6.07, 6.45) is -2.91. The number of carbonyl (C=O) groups excluding carboxylic acids is 1. The number of aromatic nitrogens is 2. The highest BCUT2D eigenvalue weighted by atomic mass is 19.4. The summed E-state index contributed by atoms with van der Waals surface area (Å²) in [5, 5.41) is 1.81. The van der Waals surface area contributed by atoms with Gasteiger partial charge < -0.3 is 4.98 Å². The highest BCUT2D eigenvalue weighted by molar-refractivity contribution is 6.18. The van der Waals surface area contributed by atoms with Gasteiger partial charge in [-0.25, -0.2) is 0 Å². The number of nitrogens with zero attached hydrogens (tertiary/aromatic N) is 1. The van der Waals surface area contributed by atoms with Crippen molar-refractivity contribution in [1.29, 1.82) is 0 Å². The number of hydrogen-bond donors (Lipinski definition) is 1. The van der Waals surface area contributed by atoms with Crippen LogP contribution in [0, 0.1) is 0 Å². The van der Waals surface area contributed by atoms with Gasteiger partial charge in [0.2, 0.25) is 5.78 Å². The Bertz CT molecular complexity index is 1100. The lowest BCUT2D eigenvalue weighted by atomic mass is 10.0. The van der Waals surface area contributed by atoms with Gasteiger partial charge in [-0.05, 0) is 24.3 Å². The monoisotopic (exact) mass is 340 g/mol. The quantitative estimate of drug-likeness (QED) is 0.524. The molecule has 0 bridgehead atoms. The average Bonchev–Trinajstić information content (AvgIpc) is 2.99. The number of pyridine rings is 1. The average molecular weight is 340 g/mol. The summed E-state index contributed by atoms with van der Waals surface area (Å²) >= 11 is 0. The first kappa shape index (κ1) is 15.4. The standard InChI is InChI=1S/C19H11F3N2O/c20-19(21,22)12-7-5-11(6-8-12)18(25)17-16-14(9-10-23-17)13-3-1-2-4-15(13)24-16/h1-10,24H. The lowest BCUT2D eigenvalue weighted by Gasteiger charge is -2.07. The zero-order chi connectivity index (χ0) is 17.6. The third kappa shape index (κ3) is 2.55. The first-order valence-electron chi connectivity index (χ1n) is 7.52. The van der Waals surface area contributed by atoms with Crippen molar-refractivity contribution in [2.24, 2.45) is 0 Å². The highest BCUT2D eigenvalue weighted by Gasteiger charge is 2.30. The molecule has 3 nitrogen and oxygen atoms in total. The number of fused-ring (bicyclic) bond motifs is 3. The minimum Gasteiger partial charge on any atom is -0.353 e. The van der Waals surface area contributed by atoms with E-state index in [-0.39, 0.29) is 11.3 Å². The van der Waals surface area contributed by atoms with Crippen LogP contribution in [0.5, 0.6) is 0 Å². The molecule has 0 fully saturated rings. The molecule has 0 saturated heterocycles. The topological polar surface area (TPSA) is 45.8 Å². The first-order valence-corrected chi connectivity index (χ1v) is 7.52. The maximum absolute atomic E-state index is 12.7. The summed E-state index contributed by atoms with van der Waals surface area (Å²) < 4.78 is 38.0. The predicted molar refractivity (Wildman–Crippen MR) is 88.5 cm³/mol. The summed E-state index contributed by atoms with van der Waals surface area (Å²) in [7, 11) is 0. The molecule has 0 amide bonds. The molecule has 0 aliphatic heterocycles. The fourth-order valence-electron chi connectivity index (χ4n) is 2.89. The zero-order valence-corrected chi connectivity index (χ0v) is 12.8. The molecule has 4 rings (SSSR count). The maximum Gasteiger partial charge on any atom is 0.416 e. The van der Waals surface area contributed by atoms with Gasteiger partial charge in [-0.1, -0.05) is 30.3 Å². The van der Waals surface area contributed by atoms with Gasteiger partial charge in [0.1, 0.15) is 5.69 Å². The molecule has 0 unspecified atom stereocenters. The Hall–Kier alpha value is -3.15. The van der Waals surface area contributed by atoms with E-state index in [2.05, 4.69) is 9.97 Å². The molecule has 25 heavy (non-hydrogen) atoms. The summed E-state index contributed by atoms with van der Waals surface area (Å²) in [6.45, 7) is 0. The molecule has 6 heteroatoms. The van der Waals surface area contributed by atoms with Gasteiger partial charge in [-0.2, -0.15) is 13.2 Å². The normalized spacial score (nSPS) is 12.0. The van der Waals surface area contributed by atoms with Gasteiger partial charge in [0.25, 0.3) is 0 Å². The minimum atomic E-state index is -4.43. The largest absolute Gasteiger partial charge is 0.416 e. The number of halogens is 3. The van der Waals surface area contributed by atoms with Crippen LogP contribution in [0.25, 0.3) is 21.8 Å². The van der Waals surface area contributed by atoms with E-state index in [0.29, 0.717) is 5.52 Å². The fourth-order valence-corrected chi connectivity index (χ4v) is 2.89. The van der Waals surface area contributed by atoms with Crippen molar-refractivity contribution < 1.29 is 18.0 Å². The molecule has 0 saturated carbocycles. The molecule has 0 aliphatic rings. The van der Waals surface area contributed by atoms with Crippen LogP contribution < -0.4 is 0 Å². The highest BCUT2D eigenvalue weighted by Crippen LogP contribution is 2.30. The molecule has 0 spiro atoms. The number of carbonyl (C=O) groups is 1. The van der Waals surface area contributed by atoms with Gasteiger partial charge in [0, 0.05) is 28.0 Å². The Morgan fingerprint density at radius 2 is 1.64 bits per heavy atom. The van der Waals surface area contributed by atoms with E-state index in [1.807, 2.05) is 24.3 Å². The van der Waals surface area contributed by atoms with Crippen molar-refractivity contribution in [3.8, 4) is 0 Å². The number of H-pyrrole nitrogens is 1. The molecule has 0 aliphatic carbocycles. The molecule has 1 N–H and O–H groups in total. The number of aromatic amines is 1. The molecule has 124 valence electrons. The van der Waals surface area contributed by atoms with Gasteiger partial charge in [-0.3, -0.25) is 9.78 Å². The van der Waals surface area contributed by atoms with E-state index in [0.717, 1.165) is 28.4 Å². The van der Waals surface area contributed by atoms with E-state index in [9.17, 15) is 18.0 Å².